The maximum absolute atomic E-state index is 12.0. The molecular weight excluding hydrogens is 248 g/mol. The van der Waals surface area contributed by atoms with Gasteiger partial charge >= 0.3 is 0 Å². The lowest BCUT2D eigenvalue weighted by molar-refractivity contribution is 0.0943. The number of carbonyl (C=O) groups excluding carboxylic acids is 1. The predicted octanol–water partition coefficient (Wildman–Crippen LogP) is 3.43. The molecule has 20 heavy (non-hydrogen) atoms. The van der Waals surface area contributed by atoms with Crippen LogP contribution < -0.4 is 10.6 Å². The van der Waals surface area contributed by atoms with E-state index in [0.717, 1.165) is 23.1 Å². The summed E-state index contributed by atoms with van der Waals surface area (Å²) in [5.41, 5.74) is 1.82. The highest BCUT2D eigenvalue weighted by Gasteiger charge is 2.39. The van der Waals surface area contributed by atoms with Gasteiger partial charge in [0.05, 0.1) is 0 Å². The normalized spacial score (nSPS) is 27.9. The summed E-state index contributed by atoms with van der Waals surface area (Å²) in [5.74, 6) is 1.79. The van der Waals surface area contributed by atoms with E-state index in [2.05, 4.69) is 16.7 Å². The van der Waals surface area contributed by atoms with E-state index in [1.807, 2.05) is 32.0 Å². The Bertz CT molecular complexity index is 498. The summed E-state index contributed by atoms with van der Waals surface area (Å²) in [5, 5.41) is 6.58. The van der Waals surface area contributed by atoms with Crippen molar-refractivity contribution in [1.82, 2.24) is 5.32 Å². The SMILES string of the molecule is CC(C)NC(=O)c1cccc(NC2CC3CCC2C3)c1. The molecule has 1 amide bonds. The first-order chi connectivity index (χ1) is 9.61. The van der Waals surface area contributed by atoms with E-state index in [1.165, 1.54) is 25.7 Å². The van der Waals surface area contributed by atoms with Crippen LogP contribution in [0.1, 0.15) is 49.9 Å². The Morgan fingerprint density at radius 2 is 2.10 bits per heavy atom. The third-order valence-corrected chi connectivity index (χ3v) is 4.63. The van der Waals surface area contributed by atoms with Crippen LogP contribution in [-0.2, 0) is 0 Å². The average Bonchev–Trinajstić information content (AvgIpc) is 3.00. The van der Waals surface area contributed by atoms with Gasteiger partial charge in [0.1, 0.15) is 0 Å². The van der Waals surface area contributed by atoms with Crippen molar-refractivity contribution in [3.05, 3.63) is 29.8 Å². The van der Waals surface area contributed by atoms with E-state index < -0.39 is 0 Å². The van der Waals surface area contributed by atoms with Crippen LogP contribution in [0.3, 0.4) is 0 Å². The Labute approximate surface area is 121 Å². The average molecular weight is 272 g/mol. The maximum Gasteiger partial charge on any atom is 0.251 e. The van der Waals surface area contributed by atoms with Crippen LogP contribution >= 0.6 is 0 Å². The molecular formula is C17H24N2O. The molecule has 3 atom stereocenters. The number of benzene rings is 1. The number of hydrogen-bond donors (Lipinski definition) is 2. The fourth-order valence-electron chi connectivity index (χ4n) is 3.73. The summed E-state index contributed by atoms with van der Waals surface area (Å²) in [6, 6.07) is 8.66. The first-order valence-electron chi connectivity index (χ1n) is 7.79. The molecule has 3 nitrogen and oxygen atoms in total. The molecule has 0 heterocycles. The first-order valence-corrected chi connectivity index (χ1v) is 7.79. The topological polar surface area (TPSA) is 41.1 Å². The van der Waals surface area contributed by atoms with Gasteiger partial charge in [0, 0.05) is 23.3 Å². The molecule has 0 spiro atoms. The van der Waals surface area contributed by atoms with E-state index in [0.29, 0.717) is 6.04 Å². The summed E-state index contributed by atoms with van der Waals surface area (Å²) in [4.78, 5) is 12.0. The highest BCUT2D eigenvalue weighted by atomic mass is 16.1. The lowest BCUT2D eigenvalue weighted by Gasteiger charge is -2.24. The number of carbonyl (C=O) groups is 1. The number of amides is 1. The van der Waals surface area contributed by atoms with Crippen molar-refractivity contribution in [2.24, 2.45) is 11.8 Å². The Balaban J connectivity index is 1.67. The van der Waals surface area contributed by atoms with Crippen molar-refractivity contribution >= 4 is 11.6 Å². The predicted molar refractivity (Wildman–Crippen MR) is 81.9 cm³/mol. The first kappa shape index (κ1) is 13.5. The molecule has 0 aromatic heterocycles. The van der Waals surface area contributed by atoms with Gasteiger partial charge in [0.25, 0.3) is 5.91 Å². The smallest absolute Gasteiger partial charge is 0.251 e. The fourth-order valence-corrected chi connectivity index (χ4v) is 3.73. The zero-order chi connectivity index (χ0) is 14.1. The van der Waals surface area contributed by atoms with Gasteiger partial charge in [0.15, 0.2) is 0 Å². The summed E-state index contributed by atoms with van der Waals surface area (Å²) in [6.45, 7) is 3.96. The van der Waals surface area contributed by atoms with Crippen molar-refractivity contribution in [3.63, 3.8) is 0 Å². The van der Waals surface area contributed by atoms with Crippen LogP contribution in [0, 0.1) is 11.8 Å². The molecule has 2 fully saturated rings. The van der Waals surface area contributed by atoms with Crippen molar-refractivity contribution < 1.29 is 4.79 Å². The summed E-state index contributed by atoms with van der Waals surface area (Å²) < 4.78 is 0. The van der Waals surface area contributed by atoms with E-state index in [9.17, 15) is 4.79 Å². The van der Waals surface area contributed by atoms with Gasteiger partial charge in [-0.05, 0) is 63.1 Å². The fraction of sp³-hybridized carbons (Fsp3) is 0.588. The highest BCUT2D eigenvalue weighted by molar-refractivity contribution is 5.95. The molecule has 3 heteroatoms. The Hall–Kier alpha value is -1.51. The van der Waals surface area contributed by atoms with Crippen molar-refractivity contribution in [3.8, 4) is 0 Å². The Morgan fingerprint density at radius 1 is 1.25 bits per heavy atom. The molecule has 3 unspecified atom stereocenters. The zero-order valence-electron chi connectivity index (χ0n) is 12.4. The lowest BCUT2D eigenvalue weighted by Crippen LogP contribution is -2.30. The van der Waals surface area contributed by atoms with E-state index >= 15 is 0 Å². The molecule has 2 aliphatic carbocycles. The molecule has 2 bridgehead atoms. The third-order valence-electron chi connectivity index (χ3n) is 4.63. The van der Waals surface area contributed by atoms with Gasteiger partial charge in [-0.25, -0.2) is 0 Å². The second-order valence-electron chi connectivity index (χ2n) is 6.63. The van der Waals surface area contributed by atoms with E-state index in [4.69, 9.17) is 0 Å². The number of hydrogen-bond acceptors (Lipinski definition) is 2. The summed E-state index contributed by atoms with van der Waals surface area (Å²) >= 11 is 0. The van der Waals surface area contributed by atoms with Crippen molar-refractivity contribution in [2.75, 3.05) is 5.32 Å². The standard InChI is InChI=1S/C17H24N2O/c1-11(2)18-17(20)14-4-3-5-15(10-14)19-16-9-12-6-7-13(16)8-12/h3-5,10-13,16,19H,6-9H2,1-2H3,(H,18,20). The molecule has 0 saturated heterocycles. The summed E-state index contributed by atoms with van der Waals surface area (Å²) in [7, 11) is 0. The van der Waals surface area contributed by atoms with E-state index in [-0.39, 0.29) is 11.9 Å². The number of rotatable bonds is 4. The molecule has 0 radical (unpaired) electrons. The van der Waals surface area contributed by atoms with Crippen LogP contribution in [0.25, 0.3) is 0 Å². The molecule has 108 valence electrons. The molecule has 0 aliphatic heterocycles. The van der Waals surface area contributed by atoms with Crippen molar-refractivity contribution in [2.45, 2.75) is 51.6 Å². The number of anilines is 1. The summed E-state index contributed by atoms with van der Waals surface area (Å²) in [6.07, 6.45) is 5.48. The van der Waals surface area contributed by atoms with Crippen LogP contribution in [-0.4, -0.2) is 18.0 Å². The minimum Gasteiger partial charge on any atom is -0.382 e. The molecule has 1 aromatic carbocycles. The molecule has 2 N–H and O–H groups in total. The van der Waals surface area contributed by atoms with Crippen LogP contribution in [0.4, 0.5) is 5.69 Å². The van der Waals surface area contributed by atoms with Crippen molar-refractivity contribution in [1.29, 1.82) is 0 Å². The minimum atomic E-state index is 0.0107. The van der Waals surface area contributed by atoms with Gasteiger partial charge in [-0.15, -0.1) is 0 Å². The largest absolute Gasteiger partial charge is 0.382 e. The van der Waals surface area contributed by atoms with Crippen LogP contribution in [0.5, 0.6) is 0 Å². The molecule has 3 rings (SSSR count). The number of fused-ring (bicyclic) bond motifs is 2. The third kappa shape index (κ3) is 2.82. The Kier molecular flexibility index (Phi) is 3.68. The van der Waals surface area contributed by atoms with Gasteiger partial charge in [-0.2, -0.15) is 0 Å². The molecule has 2 aliphatic rings. The zero-order valence-corrected chi connectivity index (χ0v) is 12.4. The monoisotopic (exact) mass is 272 g/mol. The second kappa shape index (κ2) is 5.47. The van der Waals surface area contributed by atoms with Gasteiger partial charge in [0.2, 0.25) is 0 Å². The van der Waals surface area contributed by atoms with Gasteiger partial charge < -0.3 is 10.6 Å². The van der Waals surface area contributed by atoms with Gasteiger partial charge in [-0.3, -0.25) is 4.79 Å². The quantitative estimate of drug-likeness (QED) is 0.881. The second-order valence-corrected chi connectivity index (χ2v) is 6.63. The lowest BCUT2D eigenvalue weighted by atomic mass is 9.95. The molecule has 1 aromatic rings. The highest BCUT2D eigenvalue weighted by Crippen LogP contribution is 2.45. The molecule has 2 saturated carbocycles. The number of nitrogens with one attached hydrogen (secondary N) is 2. The minimum absolute atomic E-state index is 0.0107. The maximum atomic E-state index is 12.0. The van der Waals surface area contributed by atoms with Crippen LogP contribution in [0.15, 0.2) is 24.3 Å². The Morgan fingerprint density at radius 3 is 2.75 bits per heavy atom. The van der Waals surface area contributed by atoms with E-state index in [1.54, 1.807) is 0 Å². The van der Waals surface area contributed by atoms with Crippen LogP contribution in [0.2, 0.25) is 0 Å². The van der Waals surface area contributed by atoms with Gasteiger partial charge in [-0.1, -0.05) is 12.5 Å².